The molecule has 15 heavy (non-hydrogen) atoms. The normalized spacial score (nSPS) is 22.3. The molecule has 0 unspecified atom stereocenters. The number of rotatable bonds is 0. The Morgan fingerprint density at radius 3 is 1.27 bits per heavy atom. The standard InChI is InChI=1S/C13H25NO/c15-14-13-11-9-7-5-3-1-2-4-6-8-10-12-13/h15H,1-12H2. The maximum Gasteiger partial charge on any atom is 0.0570 e. The lowest BCUT2D eigenvalue weighted by Gasteiger charge is -2.03. The van der Waals surface area contributed by atoms with Gasteiger partial charge in [-0.2, -0.15) is 0 Å². The second-order valence-corrected chi connectivity index (χ2v) is 4.70. The van der Waals surface area contributed by atoms with Gasteiger partial charge < -0.3 is 5.21 Å². The molecule has 1 aliphatic carbocycles. The first-order chi connectivity index (χ1) is 7.43. The highest BCUT2D eigenvalue weighted by molar-refractivity contribution is 5.83. The molecule has 0 atom stereocenters. The third-order valence-electron chi connectivity index (χ3n) is 3.32. The second-order valence-electron chi connectivity index (χ2n) is 4.70. The molecule has 1 aliphatic rings. The zero-order valence-electron chi connectivity index (χ0n) is 9.88. The monoisotopic (exact) mass is 211 g/mol. The van der Waals surface area contributed by atoms with Crippen LogP contribution < -0.4 is 0 Å². The zero-order valence-corrected chi connectivity index (χ0v) is 9.88. The SMILES string of the molecule is ON=C1CCCCCCCCCCCC1. The minimum absolute atomic E-state index is 1.01. The van der Waals surface area contributed by atoms with Crippen molar-refractivity contribution >= 4 is 5.71 Å². The third kappa shape index (κ3) is 6.53. The molecule has 0 spiro atoms. The summed E-state index contributed by atoms with van der Waals surface area (Å²) in [4.78, 5) is 0. The van der Waals surface area contributed by atoms with E-state index in [2.05, 4.69) is 5.16 Å². The van der Waals surface area contributed by atoms with E-state index in [1.807, 2.05) is 0 Å². The van der Waals surface area contributed by atoms with Crippen LogP contribution in [0.3, 0.4) is 0 Å². The maximum atomic E-state index is 8.84. The number of hydrogen-bond acceptors (Lipinski definition) is 2. The first-order valence-corrected chi connectivity index (χ1v) is 6.63. The van der Waals surface area contributed by atoms with E-state index in [1.54, 1.807) is 0 Å². The Kier molecular flexibility index (Phi) is 7.32. The van der Waals surface area contributed by atoms with E-state index in [-0.39, 0.29) is 0 Å². The molecule has 0 aromatic carbocycles. The highest BCUT2D eigenvalue weighted by Crippen LogP contribution is 2.15. The fraction of sp³-hybridized carbons (Fsp3) is 0.923. The van der Waals surface area contributed by atoms with Gasteiger partial charge in [0, 0.05) is 0 Å². The van der Waals surface area contributed by atoms with Crippen LogP contribution in [-0.4, -0.2) is 10.9 Å². The molecule has 0 radical (unpaired) electrons. The Labute approximate surface area is 93.8 Å². The lowest BCUT2D eigenvalue weighted by Crippen LogP contribution is -1.98. The summed E-state index contributed by atoms with van der Waals surface area (Å²) in [5, 5.41) is 12.3. The van der Waals surface area contributed by atoms with E-state index in [0.717, 1.165) is 18.6 Å². The molecule has 0 heterocycles. The van der Waals surface area contributed by atoms with Gasteiger partial charge in [0.2, 0.25) is 0 Å². The quantitative estimate of drug-likeness (QED) is 0.464. The first-order valence-electron chi connectivity index (χ1n) is 6.63. The molecular formula is C13H25NO. The lowest BCUT2D eigenvalue weighted by atomic mass is 10.0. The van der Waals surface area contributed by atoms with Crippen LogP contribution in [0, 0.1) is 0 Å². The zero-order chi connectivity index (χ0) is 10.8. The predicted octanol–water partition coefficient (Wildman–Crippen LogP) is 4.51. The van der Waals surface area contributed by atoms with Crippen LogP contribution >= 0.6 is 0 Å². The largest absolute Gasteiger partial charge is 0.411 e. The minimum Gasteiger partial charge on any atom is -0.411 e. The van der Waals surface area contributed by atoms with Crippen molar-refractivity contribution in [3.05, 3.63) is 0 Å². The Morgan fingerprint density at radius 1 is 0.600 bits per heavy atom. The third-order valence-corrected chi connectivity index (χ3v) is 3.32. The Hall–Kier alpha value is -0.530. The van der Waals surface area contributed by atoms with Crippen molar-refractivity contribution in [3.8, 4) is 0 Å². The van der Waals surface area contributed by atoms with Crippen molar-refractivity contribution in [2.24, 2.45) is 5.16 Å². The smallest absolute Gasteiger partial charge is 0.0570 e. The van der Waals surface area contributed by atoms with Crippen LogP contribution in [0.1, 0.15) is 77.0 Å². The summed E-state index contributed by atoms with van der Waals surface area (Å²) in [5.41, 5.74) is 1.02. The van der Waals surface area contributed by atoms with Crippen molar-refractivity contribution in [1.82, 2.24) is 0 Å². The van der Waals surface area contributed by atoms with Crippen LogP contribution in [-0.2, 0) is 0 Å². The average molecular weight is 211 g/mol. The van der Waals surface area contributed by atoms with Crippen LogP contribution in [0.25, 0.3) is 0 Å². The number of nitrogens with zero attached hydrogens (tertiary/aromatic N) is 1. The Morgan fingerprint density at radius 2 is 0.933 bits per heavy atom. The van der Waals surface area contributed by atoms with Crippen LogP contribution in [0.15, 0.2) is 5.16 Å². The van der Waals surface area contributed by atoms with Crippen molar-refractivity contribution in [3.63, 3.8) is 0 Å². The summed E-state index contributed by atoms with van der Waals surface area (Å²) in [6.07, 6.45) is 15.4. The van der Waals surface area contributed by atoms with Crippen molar-refractivity contribution in [1.29, 1.82) is 0 Å². The molecule has 1 saturated carbocycles. The van der Waals surface area contributed by atoms with E-state index in [9.17, 15) is 0 Å². The Balaban J connectivity index is 2.24. The topological polar surface area (TPSA) is 32.6 Å². The Bertz CT molecular complexity index is 161. The molecule has 1 N–H and O–H groups in total. The predicted molar refractivity (Wildman–Crippen MR) is 64.6 cm³/mol. The van der Waals surface area contributed by atoms with Gasteiger partial charge in [-0.1, -0.05) is 56.5 Å². The average Bonchev–Trinajstić information content (AvgIpc) is 2.29. The molecule has 0 saturated heterocycles. The summed E-state index contributed by atoms with van der Waals surface area (Å²) >= 11 is 0. The van der Waals surface area contributed by atoms with E-state index < -0.39 is 0 Å². The molecule has 0 aromatic heterocycles. The molecule has 88 valence electrons. The van der Waals surface area contributed by atoms with E-state index >= 15 is 0 Å². The van der Waals surface area contributed by atoms with E-state index in [0.29, 0.717) is 0 Å². The van der Waals surface area contributed by atoms with Gasteiger partial charge in [0.1, 0.15) is 0 Å². The first kappa shape index (κ1) is 12.5. The van der Waals surface area contributed by atoms with Gasteiger partial charge in [0.05, 0.1) is 5.71 Å². The fourth-order valence-electron chi connectivity index (χ4n) is 2.30. The summed E-state index contributed by atoms with van der Waals surface area (Å²) in [6, 6.07) is 0. The molecule has 1 fully saturated rings. The molecule has 2 nitrogen and oxygen atoms in total. The van der Waals surface area contributed by atoms with Crippen molar-refractivity contribution < 1.29 is 5.21 Å². The van der Waals surface area contributed by atoms with E-state index in [1.165, 1.54) is 64.2 Å². The minimum atomic E-state index is 1.01. The number of hydrogen-bond donors (Lipinski definition) is 1. The molecule has 0 bridgehead atoms. The molecule has 0 aromatic rings. The summed E-state index contributed by atoms with van der Waals surface area (Å²) in [5.74, 6) is 0. The van der Waals surface area contributed by atoms with E-state index in [4.69, 9.17) is 5.21 Å². The van der Waals surface area contributed by atoms with Crippen LogP contribution in [0.4, 0.5) is 0 Å². The van der Waals surface area contributed by atoms with Gasteiger partial charge in [0.25, 0.3) is 0 Å². The van der Waals surface area contributed by atoms with Gasteiger partial charge in [0.15, 0.2) is 0 Å². The van der Waals surface area contributed by atoms with Gasteiger partial charge in [-0.25, -0.2) is 0 Å². The molecule has 1 rings (SSSR count). The molecule has 0 aliphatic heterocycles. The summed E-state index contributed by atoms with van der Waals surface area (Å²) in [7, 11) is 0. The highest BCUT2D eigenvalue weighted by atomic mass is 16.4. The molecular weight excluding hydrogens is 186 g/mol. The van der Waals surface area contributed by atoms with Crippen molar-refractivity contribution in [2.45, 2.75) is 77.0 Å². The summed E-state index contributed by atoms with van der Waals surface area (Å²) in [6.45, 7) is 0. The van der Waals surface area contributed by atoms with Gasteiger partial charge >= 0.3 is 0 Å². The lowest BCUT2D eigenvalue weighted by molar-refractivity contribution is 0.315. The van der Waals surface area contributed by atoms with Crippen LogP contribution in [0.5, 0.6) is 0 Å². The molecule has 0 amide bonds. The highest BCUT2D eigenvalue weighted by Gasteiger charge is 2.02. The maximum absolute atomic E-state index is 8.84. The van der Waals surface area contributed by atoms with Crippen LogP contribution in [0.2, 0.25) is 0 Å². The fourth-order valence-corrected chi connectivity index (χ4v) is 2.30. The van der Waals surface area contributed by atoms with Gasteiger partial charge in [-0.3, -0.25) is 0 Å². The second kappa shape index (κ2) is 8.75. The summed E-state index contributed by atoms with van der Waals surface area (Å²) < 4.78 is 0. The van der Waals surface area contributed by atoms with Gasteiger partial charge in [-0.15, -0.1) is 0 Å². The molecule has 2 heteroatoms. The number of oxime groups is 1. The van der Waals surface area contributed by atoms with Crippen molar-refractivity contribution in [2.75, 3.05) is 0 Å². The van der Waals surface area contributed by atoms with Gasteiger partial charge in [-0.05, 0) is 25.7 Å².